The number of hydrogen-bond donors (Lipinski definition) is 1. The Labute approximate surface area is 57.5 Å². The van der Waals surface area contributed by atoms with Gasteiger partial charge in [-0.3, -0.25) is 4.90 Å². The molecule has 56 valence electrons. The van der Waals surface area contributed by atoms with Crippen molar-refractivity contribution in [2.24, 2.45) is 0 Å². The highest BCUT2D eigenvalue weighted by Crippen LogP contribution is 1.96. The molecule has 0 bridgehead atoms. The Kier molecular flexibility index (Phi) is 4.72. The monoisotopic (exact) mass is 131 g/mol. The van der Waals surface area contributed by atoms with Crippen molar-refractivity contribution in [2.75, 3.05) is 13.3 Å². The van der Waals surface area contributed by atoms with Gasteiger partial charge in [-0.25, -0.2) is 0 Å². The summed E-state index contributed by atoms with van der Waals surface area (Å²) in [6, 6.07) is 0.468. The molecule has 0 unspecified atom stereocenters. The molecule has 9 heavy (non-hydrogen) atoms. The van der Waals surface area contributed by atoms with Gasteiger partial charge in [0.15, 0.2) is 0 Å². The molecule has 0 saturated heterocycles. The highest BCUT2D eigenvalue weighted by Gasteiger charge is 2.04. The molecule has 0 heterocycles. The quantitative estimate of drug-likeness (QED) is 0.577. The first-order valence-electron chi connectivity index (χ1n) is 3.57. The molecule has 0 rings (SSSR count). The summed E-state index contributed by atoms with van der Waals surface area (Å²) in [5.41, 5.74) is 0. The maximum absolute atomic E-state index is 8.75. The molecule has 0 saturated carbocycles. The van der Waals surface area contributed by atoms with Crippen molar-refractivity contribution in [2.45, 2.75) is 33.2 Å². The molecule has 0 spiro atoms. The van der Waals surface area contributed by atoms with Crippen LogP contribution in [0, 0.1) is 0 Å². The largest absolute Gasteiger partial charge is 0.381 e. The number of rotatable bonds is 4. The van der Waals surface area contributed by atoms with Crippen molar-refractivity contribution in [3.05, 3.63) is 0 Å². The highest BCUT2D eigenvalue weighted by molar-refractivity contribution is 4.55. The van der Waals surface area contributed by atoms with Crippen molar-refractivity contribution in [3.8, 4) is 0 Å². The second-order valence-electron chi connectivity index (χ2n) is 2.55. The maximum Gasteiger partial charge on any atom is 0.0958 e. The van der Waals surface area contributed by atoms with Gasteiger partial charge in [-0.1, -0.05) is 6.92 Å². The zero-order valence-electron chi connectivity index (χ0n) is 6.59. The van der Waals surface area contributed by atoms with Gasteiger partial charge in [0.25, 0.3) is 0 Å². The molecule has 0 aromatic carbocycles. The molecular formula is C7H17NO. The van der Waals surface area contributed by atoms with Gasteiger partial charge < -0.3 is 5.11 Å². The zero-order valence-corrected chi connectivity index (χ0v) is 6.59. The van der Waals surface area contributed by atoms with E-state index in [-0.39, 0.29) is 6.73 Å². The van der Waals surface area contributed by atoms with Gasteiger partial charge in [-0.05, 0) is 20.3 Å². The van der Waals surface area contributed by atoms with Gasteiger partial charge in [0.2, 0.25) is 0 Å². The van der Waals surface area contributed by atoms with Crippen LogP contribution in [0.5, 0.6) is 0 Å². The Morgan fingerprint density at radius 3 is 2.11 bits per heavy atom. The predicted octanol–water partition coefficient (Wildman–Crippen LogP) is 1.06. The topological polar surface area (TPSA) is 23.5 Å². The van der Waals surface area contributed by atoms with Crippen molar-refractivity contribution >= 4 is 0 Å². The minimum atomic E-state index is 0.186. The first-order chi connectivity index (χ1) is 4.22. The molecule has 0 amide bonds. The number of aliphatic hydroxyl groups is 1. The molecule has 0 aliphatic rings. The van der Waals surface area contributed by atoms with Crippen molar-refractivity contribution < 1.29 is 5.11 Å². The third kappa shape index (κ3) is 3.49. The van der Waals surface area contributed by atoms with E-state index in [1.54, 1.807) is 0 Å². The minimum Gasteiger partial charge on any atom is -0.381 e. The average Bonchev–Trinajstić information content (AvgIpc) is 1.82. The molecular weight excluding hydrogens is 114 g/mol. The smallest absolute Gasteiger partial charge is 0.0958 e. The van der Waals surface area contributed by atoms with E-state index in [0.717, 1.165) is 13.0 Å². The van der Waals surface area contributed by atoms with Gasteiger partial charge in [0.1, 0.15) is 0 Å². The standard InChI is InChI=1S/C7H17NO/c1-4-5-8(6-9)7(2)3/h7,9H,4-6H2,1-3H3. The fourth-order valence-corrected chi connectivity index (χ4v) is 0.779. The van der Waals surface area contributed by atoms with Crippen LogP contribution in [0.25, 0.3) is 0 Å². The van der Waals surface area contributed by atoms with E-state index in [1.165, 1.54) is 0 Å². The maximum atomic E-state index is 8.75. The summed E-state index contributed by atoms with van der Waals surface area (Å²) in [6.07, 6.45) is 1.11. The summed E-state index contributed by atoms with van der Waals surface area (Å²) in [7, 11) is 0. The summed E-state index contributed by atoms with van der Waals surface area (Å²) in [5.74, 6) is 0. The van der Waals surface area contributed by atoms with E-state index in [0.29, 0.717) is 6.04 Å². The average molecular weight is 131 g/mol. The lowest BCUT2D eigenvalue weighted by atomic mass is 10.3. The fourth-order valence-electron chi connectivity index (χ4n) is 0.779. The van der Waals surface area contributed by atoms with Gasteiger partial charge in [0.05, 0.1) is 6.73 Å². The van der Waals surface area contributed by atoms with Crippen molar-refractivity contribution in [1.29, 1.82) is 0 Å². The molecule has 0 aliphatic heterocycles. The van der Waals surface area contributed by atoms with Crippen LogP contribution >= 0.6 is 0 Å². The summed E-state index contributed by atoms with van der Waals surface area (Å²) in [6.45, 7) is 7.47. The molecule has 2 heteroatoms. The lowest BCUT2D eigenvalue weighted by molar-refractivity contribution is 0.0806. The van der Waals surface area contributed by atoms with Gasteiger partial charge in [-0.2, -0.15) is 0 Å². The van der Waals surface area contributed by atoms with E-state index in [2.05, 4.69) is 20.8 Å². The molecule has 0 atom stereocenters. The van der Waals surface area contributed by atoms with Crippen LogP contribution in [0.2, 0.25) is 0 Å². The normalized spacial score (nSPS) is 11.3. The fraction of sp³-hybridized carbons (Fsp3) is 1.00. The summed E-state index contributed by atoms with van der Waals surface area (Å²) in [5, 5.41) is 8.75. The molecule has 1 N–H and O–H groups in total. The zero-order chi connectivity index (χ0) is 7.28. The van der Waals surface area contributed by atoms with E-state index in [9.17, 15) is 0 Å². The Morgan fingerprint density at radius 1 is 1.44 bits per heavy atom. The van der Waals surface area contributed by atoms with Crippen LogP contribution in [0.4, 0.5) is 0 Å². The van der Waals surface area contributed by atoms with Crippen LogP contribution in [-0.2, 0) is 0 Å². The third-order valence-corrected chi connectivity index (χ3v) is 1.42. The van der Waals surface area contributed by atoms with E-state index in [1.807, 2.05) is 4.90 Å². The van der Waals surface area contributed by atoms with Crippen LogP contribution in [-0.4, -0.2) is 29.3 Å². The number of hydrogen-bond acceptors (Lipinski definition) is 2. The first-order valence-corrected chi connectivity index (χ1v) is 3.57. The van der Waals surface area contributed by atoms with E-state index in [4.69, 9.17) is 5.11 Å². The molecule has 0 aromatic rings. The van der Waals surface area contributed by atoms with Crippen LogP contribution < -0.4 is 0 Å². The van der Waals surface area contributed by atoms with Crippen molar-refractivity contribution in [3.63, 3.8) is 0 Å². The van der Waals surface area contributed by atoms with Crippen LogP contribution in [0.1, 0.15) is 27.2 Å². The first kappa shape index (κ1) is 8.92. The predicted molar refractivity (Wildman–Crippen MR) is 39.2 cm³/mol. The molecule has 2 nitrogen and oxygen atoms in total. The molecule has 0 radical (unpaired) electrons. The summed E-state index contributed by atoms with van der Waals surface area (Å²) in [4.78, 5) is 2.03. The molecule has 0 aromatic heterocycles. The second kappa shape index (κ2) is 4.77. The Hall–Kier alpha value is -0.0800. The Balaban J connectivity index is 3.41. The Bertz CT molecular complexity index is 63.9. The van der Waals surface area contributed by atoms with Gasteiger partial charge >= 0.3 is 0 Å². The number of aliphatic hydroxyl groups excluding tert-OH is 1. The molecule has 0 fully saturated rings. The number of nitrogens with zero attached hydrogens (tertiary/aromatic N) is 1. The summed E-state index contributed by atoms with van der Waals surface area (Å²) >= 11 is 0. The second-order valence-corrected chi connectivity index (χ2v) is 2.55. The lowest BCUT2D eigenvalue weighted by Crippen LogP contribution is -2.32. The van der Waals surface area contributed by atoms with Crippen molar-refractivity contribution in [1.82, 2.24) is 4.90 Å². The van der Waals surface area contributed by atoms with Crippen LogP contribution in [0.3, 0.4) is 0 Å². The molecule has 0 aliphatic carbocycles. The van der Waals surface area contributed by atoms with Crippen LogP contribution in [0.15, 0.2) is 0 Å². The highest BCUT2D eigenvalue weighted by atomic mass is 16.3. The van der Waals surface area contributed by atoms with E-state index >= 15 is 0 Å². The minimum absolute atomic E-state index is 0.186. The SMILES string of the molecule is CCCN(CO)C(C)C. The van der Waals surface area contributed by atoms with Gasteiger partial charge in [-0.15, -0.1) is 0 Å². The van der Waals surface area contributed by atoms with Gasteiger partial charge in [0, 0.05) is 12.6 Å². The summed E-state index contributed by atoms with van der Waals surface area (Å²) < 4.78 is 0. The third-order valence-electron chi connectivity index (χ3n) is 1.42. The lowest BCUT2D eigenvalue weighted by Gasteiger charge is -2.22. The Morgan fingerprint density at radius 2 is 2.00 bits per heavy atom. The van der Waals surface area contributed by atoms with E-state index < -0.39 is 0 Å².